The number of aliphatic imine (C=N–C) groups is 1. The zero-order chi connectivity index (χ0) is 16.6. The van der Waals surface area contributed by atoms with Gasteiger partial charge in [0.15, 0.2) is 0 Å². The van der Waals surface area contributed by atoms with Crippen LogP contribution in [0.4, 0.5) is 10.1 Å². The van der Waals surface area contributed by atoms with E-state index in [0.29, 0.717) is 16.3 Å². The first kappa shape index (κ1) is 15.8. The number of nitrogens with zero attached hydrogens (tertiary/aromatic N) is 1. The Hall–Kier alpha value is -2.07. The molecule has 1 aliphatic rings. The number of benzodiazepines with no additional fused rings is 1. The molecular weight excluding hydrogens is 307 g/mol. The molecule has 1 heterocycles. The molecule has 1 aliphatic heterocycles. The first-order valence-corrected chi connectivity index (χ1v) is 8.13. The average Bonchev–Trinajstić information content (AvgIpc) is 2.64. The molecule has 0 amide bonds. The first-order valence-electron chi connectivity index (χ1n) is 7.72. The van der Waals surface area contributed by atoms with E-state index >= 15 is 0 Å². The van der Waals surface area contributed by atoms with Crippen LogP contribution in [-0.4, -0.2) is 16.7 Å². The summed E-state index contributed by atoms with van der Waals surface area (Å²) in [7, 11) is 0. The lowest BCUT2D eigenvalue weighted by molar-refractivity contribution is 0.600. The van der Waals surface area contributed by atoms with Gasteiger partial charge in [0.05, 0.1) is 5.71 Å². The lowest BCUT2D eigenvalue weighted by atomic mass is 9.98. The van der Waals surface area contributed by atoms with Gasteiger partial charge in [-0.05, 0) is 37.1 Å². The zero-order valence-electron chi connectivity index (χ0n) is 13.4. The van der Waals surface area contributed by atoms with Gasteiger partial charge in [-0.25, -0.2) is 4.39 Å². The second-order valence-corrected chi connectivity index (χ2v) is 6.62. The predicted molar refractivity (Wildman–Crippen MR) is 98.1 cm³/mol. The molecule has 0 spiro atoms. The first-order chi connectivity index (χ1) is 11.0. The Morgan fingerprint density at radius 3 is 2.57 bits per heavy atom. The fourth-order valence-corrected chi connectivity index (χ4v) is 3.19. The molecule has 0 saturated heterocycles. The summed E-state index contributed by atoms with van der Waals surface area (Å²) in [4.78, 5) is 5.52. The van der Waals surface area contributed by atoms with E-state index < -0.39 is 0 Å². The van der Waals surface area contributed by atoms with Crippen LogP contribution < -0.4 is 5.32 Å². The predicted octanol–water partition coefficient (Wildman–Crippen LogP) is 4.75. The van der Waals surface area contributed by atoms with E-state index in [1.807, 2.05) is 31.2 Å². The van der Waals surface area contributed by atoms with E-state index in [1.54, 1.807) is 12.1 Å². The molecule has 2 aromatic carbocycles. The molecule has 0 radical (unpaired) electrons. The summed E-state index contributed by atoms with van der Waals surface area (Å²) in [5.74, 6) is -0.0405. The molecule has 2 aromatic rings. The van der Waals surface area contributed by atoms with Crippen LogP contribution >= 0.6 is 12.2 Å². The van der Waals surface area contributed by atoms with Gasteiger partial charge in [0.2, 0.25) is 0 Å². The quantitative estimate of drug-likeness (QED) is 0.806. The van der Waals surface area contributed by atoms with Gasteiger partial charge in [-0.15, -0.1) is 0 Å². The molecule has 2 nitrogen and oxygen atoms in total. The maximum absolute atomic E-state index is 14.4. The van der Waals surface area contributed by atoms with Gasteiger partial charge >= 0.3 is 0 Å². The molecule has 0 aliphatic carbocycles. The molecule has 118 valence electrons. The minimum Gasteiger partial charge on any atom is -0.348 e. The number of anilines is 1. The lowest BCUT2D eigenvalue weighted by Crippen LogP contribution is -2.28. The van der Waals surface area contributed by atoms with E-state index in [-0.39, 0.29) is 17.8 Å². The number of fused-ring (bicyclic) bond motifs is 1. The van der Waals surface area contributed by atoms with Gasteiger partial charge in [-0.2, -0.15) is 0 Å². The molecule has 0 bridgehead atoms. The number of thiocarbonyl (C=S) groups is 1. The number of aryl methyl sites for hydroxylation is 1. The van der Waals surface area contributed by atoms with E-state index in [1.165, 1.54) is 6.07 Å². The van der Waals surface area contributed by atoms with Crippen LogP contribution in [0.25, 0.3) is 0 Å². The second-order valence-electron chi connectivity index (χ2n) is 6.18. The number of hydrogen-bond acceptors (Lipinski definition) is 2. The number of hydrogen-bond donors (Lipinski definition) is 1. The Bertz CT molecular complexity index is 796. The number of nitrogens with one attached hydrogen (secondary N) is 1. The lowest BCUT2D eigenvalue weighted by Gasteiger charge is -2.17. The summed E-state index contributed by atoms with van der Waals surface area (Å²) in [6.07, 6.45) is 0. The molecule has 4 heteroatoms. The smallest absolute Gasteiger partial charge is 0.132 e. The fraction of sp³-hybridized carbons (Fsp3) is 0.263. The molecular formula is C19H19FN2S. The second kappa shape index (κ2) is 6.20. The molecule has 0 unspecified atom stereocenters. The Labute approximate surface area is 141 Å². The summed E-state index contributed by atoms with van der Waals surface area (Å²) >= 11 is 5.52. The monoisotopic (exact) mass is 326 g/mol. The minimum absolute atomic E-state index is 0.174. The van der Waals surface area contributed by atoms with Gasteiger partial charge in [0.1, 0.15) is 16.8 Å². The van der Waals surface area contributed by atoms with Gasteiger partial charge in [-0.1, -0.05) is 49.8 Å². The van der Waals surface area contributed by atoms with Crippen molar-refractivity contribution in [3.63, 3.8) is 0 Å². The summed E-state index contributed by atoms with van der Waals surface area (Å²) in [6.45, 7) is 6.16. The maximum Gasteiger partial charge on any atom is 0.132 e. The van der Waals surface area contributed by atoms with Crippen molar-refractivity contribution in [2.24, 2.45) is 10.9 Å². The van der Waals surface area contributed by atoms with Gasteiger partial charge in [0, 0.05) is 16.8 Å². The fourth-order valence-electron chi connectivity index (χ4n) is 2.76. The van der Waals surface area contributed by atoms with Crippen LogP contribution in [0.1, 0.15) is 30.5 Å². The van der Waals surface area contributed by atoms with Crippen LogP contribution in [0, 0.1) is 18.7 Å². The van der Waals surface area contributed by atoms with Crippen molar-refractivity contribution in [2.45, 2.75) is 26.8 Å². The SMILES string of the molecule is Cc1ccc2c(c1)C(c1ccccc1F)=N[C@@H](C(C)C)C(=S)N2. The van der Waals surface area contributed by atoms with Gasteiger partial charge in [0.25, 0.3) is 0 Å². The Morgan fingerprint density at radius 1 is 1.13 bits per heavy atom. The highest BCUT2D eigenvalue weighted by Gasteiger charge is 2.26. The molecule has 0 aromatic heterocycles. The van der Waals surface area contributed by atoms with Gasteiger partial charge in [-0.3, -0.25) is 4.99 Å². The van der Waals surface area contributed by atoms with Crippen molar-refractivity contribution >= 4 is 28.6 Å². The third-order valence-electron chi connectivity index (χ3n) is 3.99. The molecule has 1 atom stereocenters. The van der Waals surface area contributed by atoms with Crippen LogP contribution in [0.3, 0.4) is 0 Å². The van der Waals surface area contributed by atoms with E-state index in [4.69, 9.17) is 17.2 Å². The molecule has 23 heavy (non-hydrogen) atoms. The van der Waals surface area contributed by atoms with Crippen molar-refractivity contribution in [3.05, 3.63) is 65.0 Å². The number of rotatable bonds is 2. The largest absolute Gasteiger partial charge is 0.348 e. The van der Waals surface area contributed by atoms with Crippen LogP contribution in [0.15, 0.2) is 47.5 Å². The summed E-state index contributed by atoms with van der Waals surface area (Å²) in [5, 5.41) is 3.29. The Morgan fingerprint density at radius 2 is 1.87 bits per heavy atom. The van der Waals surface area contributed by atoms with Gasteiger partial charge < -0.3 is 5.32 Å². The van der Waals surface area contributed by atoms with Crippen molar-refractivity contribution in [2.75, 3.05) is 5.32 Å². The molecule has 3 rings (SSSR count). The van der Waals surface area contributed by atoms with Crippen molar-refractivity contribution in [3.8, 4) is 0 Å². The summed E-state index contributed by atoms with van der Waals surface area (Å²) < 4.78 is 14.4. The Balaban J connectivity index is 2.27. The normalized spacial score (nSPS) is 17.3. The zero-order valence-corrected chi connectivity index (χ0v) is 14.2. The highest BCUT2D eigenvalue weighted by Crippen LogP contribution is 2.28. The van der Waals surface area contributed by atoms with Crippen LogP contribution in [0.5, 0.6) is 0 Å². The maximum atomic E-state index is 14.4. The third kappa shape index (κ3) is 3.04. The highest BCUT2D eigenvalue weighted by molar-refractivity contribution is 7.80. The number of halogens is 1. The molecule has 0 saturated carbocycles. The van der Waals surface area contributed by atoms with Crippen molar-refractivity contribution in [1.29, 1.82) is 0 Å². The highest BCUT2D eigenvalue weighted by atomic mass is 32.1. The van der Waals surface area contributed by atoms with E-state index in [2.05, 4.69) is 19.2 Å². The van der Waals surface area contributed by atoms with Crippen molar-refractivity contribution < 1.29 is 4.39 Å². The van der Waals surface area contributed by atoms with E-state index in [9.17, 15) is 4.39 Å². The number of benzene rings is 2. The van der Waals surface area contributed by atoms with Crippen molar-refractivity contribution in [1.82, 2.24) is 0 Å². The topological polar surface area (TPSA) is 24.4 Å². The standard InChI is InChI=1S/C19H19FN2S/c1-11(2)17-19(23)21-16-9-8-12(3)10-14(16)18(22-17)13-6-4-5-7-15(13)20/h4-11,17H,1-3H3,(H,21,23)/t17-/m0/s1. The Kier molecular flexibility index (Phi) is 4.26. The summed E-state index contributed by atoms with van der Waals surface area (Å²) in [5.41, 5.74) is 4.04. The van der Waals surface area contributed by atoms with E-state index in [0.717, 1.165) is 16.8 Å². The van der Waals surface area contributed by atoms with Crippen LogP contribution in [-0.2, 0) is 0 Å². The van der Waals surface area contributed by atoms with Crippen LogP contribution in [0.2, 0.25) is 0 Å². The molecule has 0 fully saturated rings. The summed E-state index contributed by atoms with van der Waals surface area (Å²) in [6, 6.07) is 12.6. The average molecular weight is 326 g/mol. The minimum atomic E-state index is -0.269. The third-order valence-corrected chi connectivity index (χ3v) is 4.33. The molecule has 1 N–H and O–H groups in total.